The molecule has 2 heterocycles. The molecule has 3 nitrogen and oxygen atoms in total. The molecule has 0 saturated heterocycles. The Bertz CT molecular complexity index is 367. The first kappa shape index (κ1) is 8.47. The van der Waals surface area contributed by atoms with Crippen LogP contribution in [-0.2, 0) is 13.2 Å². The van der Waals surface area contributed by atoms with Crippen LogP contribution in [0.15, 0.2) is 30.0 Å². The monoisotopic (exact) mass is 194 g/mol. The van der Waals surface area contributed by atoms with Crippen molar-refractivity contribution < 1.29 is 5.11 Å². The number of aromatic nitrogens is 2. The average molecular weight is 194 g/mol. The maximum absolute atomic E-state index is 9.00. The van der Waals surface area contributed by atoms with E-state index in [0.29, 0.717) is 0 Å². The minimum atomic E-state index is 0.0891. The molecular formula is C9H10N2OS. The van der Waals surface area contributed by atoms with Crippen molar-refractivity contribution >= 4 is 11.3 Å². The highest BCUT2D eigenvalue weighted by Crippen LogP contribution is 2.10. The average Bonchev–Trinajstić information content (AvgIpc) is 2.76. The Morgan fingerprint density at radius 1 is 1.54 bits per heavy atom. The Morgan fingerprint density at radius 3 is 3.15 bits per heavy atom. The molecule has 2 aromatic heterocycles. The molecule has 68 valence electrons. The summed E-state index contributed by atoms with van der Waals surface area (Å²) in [5.74, 6) is 0. The summed E-state index contributed by atoms with van der Waals surface area (Å²) in [7, 11) is 0. The lowest BCUT2D eigenvalue weighted by Crippen LogP contribution is -2.01. The third-order valence-corrected chi connectivity index (χ3v) is 2.66. The van der Waals surface area contributed by atoms with Crippen molar-refractivity contribution in [2.24, 2.45) is 0 Å². The summed E-state index contributed by atoms with van der Waals surface area (Å²) in [4.78, 5) is 5.20. The van der Waals surface area contributed by atoms with Crippen molar-refractivity contribution in [3.05, 3.63) is 40.6 Å². The summed E-state index contributed by atoms with van der Waals surface area (Å²) >= 11 is 1.63. The van der Waals surface area contributed by atoms with Crippen molar-refractivity contribution in [2.75, 3.05) is 0 Å². The van der Waals surface area contributed by atoms with E-state index in [1.54, 1.807) is 11.3 Å². The van der Waals surface area contributed by atoms with Crippen molar-refractivity contribution in [1.82, 2.24) is 9.55 Å². The van der Waals surface area contributed by atoms with Gasteiger partial charge in [-0.15, -0.1) is 11.3 Å². The van der Waals surface area contributed by atoms with Gasteiger partial charge in [-0.3, -0.25) is 4.98 Å². The van der Waals surface area contributed by atoms with Gasteiger partial charge in [-0.25, -0.2) is 0 Å². The molecule has 0 radical (unpaired) electrons. The minimum absolute atomic E-state index is 0.0891. The standard InChI is InChI=1S/C9H10N2OS/c12-6-8-2-1-3-11(8)5-9-4-10-7-13-9/h1-4,7,12H,5-6H2. The molecule has 0 amide bonds. The maximum Gasteiger partial charge on any atom is 0.0832 e. The van der Waals surface area contributed by atoms with Gasteiger partial charge in [0.2, 0.25) is 0 Å². The third kappa shape index (κ3) is 1.79. The zero-order chi connectivity index (χ0) is 9.10. The predicted molar refractivity (Wildman–Crippen MR) is 51.6 cm³/mol. The van der Waals surface area contributed by atoms with Gasteiger partial charge in [0.25, 0.3) is 0 Å². The van der Waals surface area contributed by atoms with Crippen LogP contribution in [0.25, 0.3) is 0 Å². The summed E-state index contributed by atoms with van der Waals surface area (Å²) in [5.41, 5.74) is 2.76. The molecule has 2 aromatic rings. The second-order valence-corrected chi connectivity index (χ2v) is 3.72. The highest BCUT2D eigenvalue weighted by molar-refractivity contribution is 7.09. The van der Waals surface area contributed by atoms with E-state index in [4.69, 9.17) is 5.11 Å². The normalized spacial score (nSPS) is 10.5. The van der Waals surface area contributed by atoms with Crippen LogP contribution in [0.1, 0.15) is 10.6 Å². The number of aliphatic hydroxyl groups excluding tert-OH is 1. The first-order chi connectivity index (χ1) is 6.40. The first-order valence-corrected chi connectivity index (χ1v) is 4.90. The van der Waals surface area contributed by atoms with Gasteiger partial charge in [-0.1, -0.05) is 0 Å². The Morgan fingerprint density at radius 2 is 2.46 bits per heavy atom. The lowest BCUT2D eigenvalue weighted by molar-refractivity contribution is 0.271. The van der Waals surface area contributed by atoms with E-state index in [0.717, 1.165) is 12.2 Å². The van der Waals surface area contributed by atoms with Crippen LogP contribution in [0, 0.1) is 0 Å². The molecule has 13 heavy (non-hydrogen) atoms. The van der Waals surface area contributed by atoms with Gasteiger partial charge >= 0.3 is 0 Å². The summed E-state index contributed by atoms with van der Waals surface area (Å²) in [6.45, 7) is 0.888. The molecule has 0 aromatic carbocycles. The maximum atomic E-state index is 9.00. The van der Waals surface area contributed by atoms with Crippen molar-refractivity contribution in [3.63, 3.8) is 0 Å². The molecule has 0 spiro atoms. The number of rotatable bonds is 3. The fourth-order valence-electron chi connectivity index (χ4n) is 1.24. The van der Waals surface area contributed by atoms with Crippen LogP contribution in [0.5, 0.6) is 0 Å². The SMILES string of the molecule is OCc1cccn1Cc1cncs1. The van der Waals surface area contributed by atoms with Crippen LogP contribution < -0.4 is 0 Å². The van der Waals surface area contributed by atoms with Crippen LogP contribution >= 0.6 is 11.3 Å². The molecule has 0 bridgehead atoms. The summed E-state index contributed by atoms with van der Waals surface area (Å²) in [5, 5.41) is 9.00. The summed E-state index contributed by atoms with van der Waals surface area (Å²) in [6.07, 6.45) is 3.82. The Hall–Kier alpha value is -1.13. The van der Waals surface area contributed by atoms with Gasteiger partial charge < -0.3 is 9.67 Å². The van der Waals surface area contributed by atoms with E-state index in [1.165, 1.54) is 4.88 Å². The van der Waals surface area contributed by atoms with E-state index in [-0.39, 0.29) is 6.61 Å². The molecule has 1 N–H and O–H groups in total. The van der Waals surface area contributed by atoms with Gasteiger partial charge in [0.05, 0.1) is 18.7 Å². The molecule has 0 fully saturated rings. The van der Waals surface area contributed by atoms with Crippen molar-refractivity contribution in [1.29, 1.82) is 0 Å². The van der Waals surface area contributed by atoms with Crippen molar-refractivity contribution in [2.45, 2.75) is 13.2 Å². The Balaban J connectivity index is 2.18. The fraction of sp³-hybridized carbons (Fsp3) is 0.222. The van der Waals surface area contributed by atoms with Crippen molar-refractivity contribution in [3.8, 4) is 0 Å². The molecule has 0 atom stereocenters. The van der Waals surface area contributed by atoms with E-state index in [2.05, 4.69) is 4.98 Å². The van der Waals surface area contributed by atoms with Crippen LogP contribution in [0.4, 0.5) is 0 Å². The van der Waals surface area contributed by atoms with Crippen LogP contribution in [-0.4, -0.2) is 14.7 Å². The number of hydrogen-bond donors (Lipinski definition) is 1. The number of aliphatic hydroxyl groups is 1. The Kier molecular flexibility index (Phi) is 2.42. The Labute approximate surface area is 80.3 Å². The van der Waals surface area contributed by atoms with Gasteiger partial charge in [0, 0.05) is 23.0 Å². The largest absolute Gasteiger partial charge is 0.390 e. The molecule has 0 unspecified atom stereocenters. The predicted octanol–water partition coefficient (Wildman–Crippen LogP) is 1.49. The number of hydrogen-bond acceptors (Lipinski definition) is 3. The van der Waals surface area contributed by atoms with E-state index >= 15 is 0 Å². The zero-order valence-corrected chi connectivity index (χ0v) is 7.87. The molecule has 0 saturated carbocycles. The second kappa shape index (κ2) is 3.72. The zero-order valence-electron chi connectivity index (χ0n) is 7.05. The molecule has 4 heteroatoms. The number of nitrogens with zero attached hydrogens (tertiary/aromatic N) is 2. The van der Waals surface area contributed by atoms with Crippen LogP contribution in [0.3, 0.4) is 0 Å². The number of thiazole rings is 1. The smallest absolute Gasteiger partial charge is 0.0832 e. The lowest BCUT2D eigenvalue weighted by Gasteiger charge is -2.04. The van der Waals surface area contributed by atoms with E-state index in [9.17, 15) is 0 Å². The fourth-order valence-corrected chi connectivity index (χ4v) is 1.83. The molecule has 0 aliphatic rings. The second-order valence-electron chi connectivity index (χ2n) is 2.75. The van der Waals surface area contributed by atoms with Gasteiger partial charge in [0.15, 0.2) is 0 Å². The van der Waals surface area contributed by atoms with E-state index in [1.807, 2.05) is 34.6 Å². The third-order valence-electron chi connectivity index (χ3n) is 1.90. The highest BCUT2D eigenvalue weighted by atomic mass is 32.1. The van der Waals surface area contributed by atoms with Gasteiger partial charge in [-0.2, -0.15) is 0 Å². The first-order valence-electron chi connectivity index (χ1n) is 4.02. The van der Waals surface area contributed by atoms with Gasteiger partial charge in [-0.05, 0) is 12.1 Å². The van der Waals surface area contributed by atoms with E-state index < -0.39 is 0 Å². The molecule has 0 aliphatic carbocycles. The lowest BCUT2D eigenvalue weighted by atomic mass is 10.4. The molecule has 0 aliphatic heterocycles. The summed E-state index contributed by atoms with van der Waals surface area (Å²) in [6, 6.07) is 3.85. The minimum Gasteiger partial charge on any atom is -0.390 e. The molecular weight excluding hydrogens is 184 g/mol. The quantitative estimate of drug-likeness (QED) is 0.803. The molecule has 2 rings (SSSR count). The summed E-state index contributed by atoms with van der Waals surface area (Å²) < 4.78 is 2.02. The van der Waals surface area contributed by atoms with Crippen LogP contribution in [0.2, 0.25) is 0 Å². The van der Waals surface area contributed by atoms with Gasteiger partial charge in [0.1, 0.15) is 0 Å². The topological polar surface area (TPSA) is 38.0 Å². The highest BCUT2D eigenvalue weighted by Gasteiger charge is 2.00.